The molecule has 0 saturated carbocycles. The molecule has 346 valence electrons. The van der Waals surface area contributed by atoms with E-state index in [4.69, 9.17) is 0 Å². The van der Waals surface area contributed by atoms with E-state index in [9.17, 15) is 61.9 Å². The summed E-state index contributed by atoms with van der Waals surface area (Å²) in [6.07, 6.45) is -7.22. The van der Waals surface area contributed by atoms with Gasteiger partial charge in [-0.1, -0.05) is 53.8 Å². The summed E-state index contributed by atoms with van der Waals surface area (Å²) in [4.78, 5) is 12.0. The van der Waals surface area contributed by atoms with Gasteiger partial charge in [-0.3, -0.25) is 0 Å². The molecule has 26 heteroatoms. The third-order valence-electron chi connectivity index (χ3n) is 9.86. The number of para-hydroxylation sites is 1. The SMILES string of the molecule is Fc1c(F)c(F)c([B-](c2c(F)c(F)c(F)c(F)c2F)(c2c(F)c(F)c(F)c(F)c2F)c2c(F)c(F)c(F)c(F)c2F)c(F)c1F.O=C(OCF)c1sc2ccccc2[n+]1Cc1ccccc1. The second-order valence-electron chi connectivity index (χ2n) is 13.3. The zero-order valence-corrected chi connectivity index (χ0v) is 32.1. The molecule has 7 rings (SSSR count). The Balaban J connectivity index is 0.000000284. The largest absolute Gasteiger partial charge is 0.425 e. The van der Waals surface area contributed by atoms with Gasteiger partial charge in [-0.05, 0) is 6.07 Å². The molecule has 7 aromatic rings. The third kappa shape index (κ3) is 7.52. The Morgan fingerprint density at radius 2 is 0.712 bits per heavy atom. The monoisotopic (exact) mass is 981 g/mol. The van der Waals surface area contributed by atoms with Crippen LogP contribution in [0.4, 0.5) is 92.2 Å². The van der Waals surface area contributed by atoms with Crippen LogP contribution in [-0.4, -0.2) is 19.0 Å². The Kier molecular flexibility index (Phi) is 13.5. The molecule has 0 radical (unpaired) electrons. The summed E-state index contributed by atoms with van der Waals surface area (Å²) in [5.41, 5.74) is -12.3. The molecule has 0 aliphatic carbocycles. The van der Waals surface area contributed by atoms with Gasteiger partial charge in [0, 0.05) is 11.6 Å². The van der Waals surface area contributed by atoms with Crippen molar-refractivity contribution in [2.75, 3.05) is 6.86 Å². The van der Waals surface area contributed by atoms with E-state index in [2.05, 4.69) is 4.74 Å². The summed E-state index contributed by atoms with van der Waals surface area (Å²) in [5, 5.41) is 0.401. The number of fused-ring (bicyclic) bond motifs is 1. The molecule has 1 aromatic heterocycles. The third-order valence-corrected chi connectivity index (χ3v) is 11.0. The summed E-state index contributed by atoms with van der Waals surface area (Å²) in [5.74, 6) is -72.0. The van der Waals surface area contributed by atoms with Crippen molar-refractivity contribution in [3.05, 3.63) is 182 Å². The van der Waals surface area contributed by atoms with E-state index in [0.717, 1.165) is 15.8 Å². The number of aromatic nitrogens is 1. The highest BCUT2D eigenvalue weighted by Crippen LogP contribution is 2.31. The van der Waals surface area contributed by atoms with E-state index in [1.165, 1.54) is 11.3 Å². The highest BCUT2D eigenvalue weighted by atomic mass is 32.1. The van der Waals surface area contributed by atoms with Gasteiger partial charge in [0.15, 0.2) is 76.4 Å². The first-order valence-electron chi connectivity index (χ1n) is 17.4. The topological polar surface area (TPSA) is 30.2 Å². The molecule has 66 heavy (non-hydrogen) atoms. The first kappa shape index (κ1) is 48.7. The van der Waals surface area contributed by atoms with Crippen LogP contribution in [0.15, 0.2) is 54.6 Å². The molecule has 0 N–H and O–H groups in total. The van der Waals surface area contributed by atoms with Crippen molar-refractivity contribution in [3.63, 3.8) is 0 Å². The van der Waals surface area contributed by atoms with Crippen LogP contribution in [0.3, 0.4) is 0 Å². The van der Waals surface area contributed by atoms with Crippen LogP contribution in [0.5, 0.6) is 0 Å². The van der Waals surface area contributed by atoms with Gasteiger partial charge in [0.25, 0.3) is 0 Å². The fourth-order valence-electron chi connectivity index (χ4n) is 7.10. The van der Waals surface area contributed by atoms with Crippen molar-refractivity contribution >= 4 is 55.5 Å². The summed E-state index contributed by atoms with van der Waals surface area (Å²) >= 11 is 1.31. The summed E-state index contributed by atoms with van der Waals surface area (Å²) < 4.78 is 314. The van der Waals surface area contributed by atoms with E-state index >= 15 is 35.1 Å². The minimum absolute atomic E-state index is 0.401. The highest BCUT2D eigenvalue weighted by molar-refractivity contribution is 7.20. The van der Waals surface area contributed by atoms with Crippen molar-refractivity contribution in [3.8, 4) is 0 Å². The van der Waals surface area contributed by atoms with Crippen molar-refractivity contribution in [2.45, 2.75) is 6.54 Å². The standard InChI is InChI=1S/C24BF20.C16H13FNO2S/c26-5-1(6(27)14(35)21(42)13(5)34)25(2-7(28)15(36)22(43)16(37)8(2)29,3-9(30)17(38)23(44)18(39)10(3)31)4-11(32)19(40)24(45)20(41)12(4)33;17-11-20-16(19)15-18(10-12-6-2-1-3-7-12)13-8-4-5-9-14(13)21-15/h;1-9H,10-11H2/q-1;+1. The lowest BCUT2D eigenvalue weighted by atomic mass is 9.12. The Bertz CT molecular complexity index is 2730. The first-order chi connectivity index (χ1) is 31.0. The number of ether oxygens (including phenoxy) is 1. The second-order valence-corrected chi connectivity index (χ2v) is 14.3. The summed E-state index contributed by atoms with van der Waals surface area (Å²) in [6.45, 7) is -0.569. The number of hydrogen-bond donors (Lipinski definition) is 0. The molecule has 3 nitrogen and oxygen atoms in total. The predicted octanol–water partition coefficient (Wildman–Crippen LogP) is 9.17. The number of alkyl halides is 1. The van der Waals surface area contributed by atoms with Gasteiger partial charge in [-0.15, -0.1) is 21.9 Å². The maximum Gasteiger partial charge on any atom is 0.417 e. The average molecular weight is 981 g/mol. The molecule has 0 unspecified atom stereocenters. The molecule has 0 fully saturated rings. The summed E-state index contributed by atoms with van der Waals surface area (Å²) in [6, 6.07) is 17.5. The van der Waals surface area contributed by atoms with Crippen molar-refractivity contribution in [2.24, 2.45) is 0 Å². The van der Waals surface area contributed by atoms with Crippen molar-refractivity contribution in [1.29, 1.82) is 0 Å². The van der Waals surface area contributed by atoms with Gasteiger partial charge in [0.2, 0.25) is 12.4 Å². The molecule has 6 aromatic carbocycles. The lowest BCUT2D eigenvalue weighted by Crippen LogP contribution is -2.81. The number of carbonyl (C=O) groups is 1. The highest BCUT2D eigenvalue weighted by Gasteiger charge is 2.52. The molecule has 0 amide bonds. The molecule has 0 atom stereocenters. The van der Waals surface area contributed by atoms with Crippen LogP contribution in [0, 0.1) is 116 Å². The zero-order valence-electron chi connectivity index (χ0n) is 31.3. The Morgan fingerprint density at radius 3 is 1.03 bits per heavy atom. The van der Waals surface area contributed by atoms with Gasteiger partial charge in [-0.25, -0.2) is 97.0 Å². The van der Waals surface area contributed by atoms with Crippen LogP contribution in [0.1, 0.15) is 15.4 Å². The lowest BCUT2D eigenvalue weighted by molar-refractivity contribution is -0.660. The number of carbonyl (C=O) groups excluding carboxylic acids is 1. The fraction of sp³-hybridized carbons (Fsp3) is 0.0500. The Morgan fingerprint density at radius 1 is 0.424 bits per heavy atom. The van der Waals surface area contributed by atoms with Gasteiger partial charge in [-0.2, -0.15) is 4.57 Å². The molecule has 0 bridgehead atoms. The summed E-state index contributed by atoms with van der Waals surface area (Å²) in [7, 11) is 0. The van der Waals surface area contributed by atoms with Crippen molar-refractivity contribution < 1.29 is 106 Å². The van der Waals surface area contributed by atoms with E-state index in [1.807, 2.05) is 59.2 Å². The quantitative estimate of drug-likeness (QED) is 0.0380. The number of thiazole rings is 1. The van der Waals surface area contributed by atoms with E-state index in [-0.39, 0.29) is 0 Å². The Hall–Kier alpha value is -6.73. The van der Waals surface area contributed by atoms with Crippen molar-refractivity contribution in [1.82, 2.24) is 0 Å². The van der Waals surface area contributed by atoms with E-state index < -0.39 is 157 Å². The normalized spacial score (nSPS) is 11.6. The minimum Gasteiger partial charge on any atom is -0.425 e. The smallest absolute Gasteiger partial charge is 0.417 e. The second kappa shape index (κ2) is 18.3. The number of rotatable bonds is 8. The minimum atomic E-state index is -7.22. The predicted molar refractivity (Wildman–Crippen MR) is 188 cm³/mol. The molecule has 0 aliphatic rings. The number of benzene rings is 6. The number of hydrogen-bond acceptors (Lipinski definition) is 3. The number of esters is 1. The van der Waals surface area contributed by atoms with Gasteiger partial charge in [0.05, 0.1) is 0 Å². The lowest BCUT2D eigenvalue weighted by Gasteiger charge is -2.44. The molecule has 0 saturated heterocycles. The number of nitrogens with zero attached hydrogens (tertiary/aromatic N) is 1. The molecule has 0 aliphatic heterocycles. The van der Waals surface area contributed by atoms with Gasteiger partial charge in [0.1, 0.15) is 57.4 Å². The van der Waals surface area contributed by atoms with Crippen LogP contribution in [0.2, 0.25) is 0 Å². The van der Waals surface area contributed by atoms with Gasteiger partial charge < -0.3 is 4.74 Å². The average Bonchev–Trinajstić information content (AvgIpc) is 3.67. The fourth-order valence-corrected chi connectivity index (χ4v) is 8.15. The Labute approximate surface area is 356 Å². The molecular weight excluding hydrogens is 968 g/mol. The molecule has 0 spiro atoms. The van der Waals surface area contributed by atoms with Crippen LogP contribution < -0.4 is 26.4 Å². The maximum atomic E-state index is 15.4. The molecule has 1 heterocycles. The van der Waals surface area contributed by atoms with Gasteiger partial charge >= 0.3 is 11.0 Å². The van der Waals surface area contributed by atoms with Crippen LogP contribution in [-0.2, 0) is 11.3 Å². The number of halogens is 21. The molecular formula is C40H13BF21NO2S. The van der Waals surface area contributed by atoms with Crippen LogP contribution in [0.25, 0.3) is 10.2 Å². The first-order valence-corrected chi connectivity index (χ1v) is 18.2. The van der Waals surface area contributed by atoms with E-state index in [0.29, 0.717) is 11.6 Å². The van der Waals surface area contributed by atoms with Crippen LogP contribution >= 0.6 is 11.3 Å². The zero-order chi connectivity index (χ0) is 49.0. The maximum absolute atomic E-state index is 15.4. The van der Waals surface area contributed by atoms with E-state index in [1.54, 1.807) is 0 Å².